The number of phenolic OH excluding ortho intramolecular Hbond substituents is 1. The number of hydrogen-bond acceptors (Lipinski definition) is 1. The molecule has 0 saturated carbocycles. The Hall–Kier alpha value is -2.16. The molecule has 0 atom stereocenters. The fraction of sp³-hybridized carbons (Fsp3) is 0.0667. The SMILES string of the molecule is Oc1cccc(/C=C/Cc2ccc(F)cc2F)c1. The third kappa shape index (κ3) is 3.17. The van der Waals surface area contributed by atoms with Crippen LogP contribution in [0.3, 0.4) is 0 Å². The molecule has 1 nitrogen and oxygen atoms in total. The fourth-order valence-electron chi connectivity index (χ4n) is 1.64. The minimum Gasteiger partial charge on any atom is -0.508 e. The van der Waals surface area contributed by atoms with Gasteiger partial charge in [0, 0.05) is 6.07 Å². The Balaban J connectivity index is 2.07. The lowest BCUT2D eigenvalue weighted by Crippen LogP contribution is -1.89. The van der Waals surface area contributed by atoms with E-state index in [9.17, 15) is 13.9 Å². The van der Waals surface area contributed by atoms with E-state index in [1.807, 2.05) is 6.07 Å². The van der Waals surface area contributed by atoms with Gasteiger partial charge in [0.2, 0.25) is 0 Å². The molecule has 0 amide bonds. The number of rotatable bonds is 3. The van der Waals surface area contributed by atoms with Crippen molar-refractivity contribution in [2.24, 2.45) is 0 Å². The normalized spacial score (nSPS) is 11.0. The van der Waals surface area contributed by atoms with E-state index in [0.717, 1.165) is 11.6 Å². The maximum absolute atomic E-state index is 13.3. The molecule has 92 valence electrons. The number of halogens is 2. The zero-order valence-electron chi connectivity index (χ0n) is 9.61. The Morgan fingerprint density at radius 3 is 2.61 bits per heavy atom. The van der Waals surface area contributed by atoms with Crippen LogP contribution >= 0.6 is 0 Å². The minimum atomic E-state index is -0.576. The van der Waals surface area contributed by atoms with E-state index < -0.39 is 11.6 Å². The topological polar surface area (TPSA) is 20.2 Å². The Kier molecular flexibility index (Phi) is 3.72. The zero-order chi connectivity index (χ0) is 13.0. The van der Waals surface area contributed by atoms with Crippen molar-refractivity contribution in [3.8, 4) is 5.75 Å². The summed E-state index contributed by atoms with van der Waals surface area (Å²) in [5.74, 6) is -0.936. The second-order valence-electron chi connectivity index (χ2n) is 3.94. The minimum absolute atomic E-state index is 0.185. The average Bonchev–Trinajstić information content (AvgIpc) is 2.32. The van der Waals surface area contributed by atoms with Gasteiger partial charge in [-0.3, -0.25) is 0 Å². The third-order valence-electron chi connectivity index (χ3n) is 2.53. The standard InChI is InChI=1S/C15H12F2O/c16-13-8-7-12(15(17)10-13)5-1-3-11-4-2-6-14(18)9-11/h1-4,6-10,18H,5H2/b3-1+. The quantitative estimate of drug-likeness (QED) is 0.870. The summed E-state index contributed by atoms with van der Waals surface area (Å²) in [6.45, 7) is 0. The first-order valence-corrected chi connectivity index (χ1v) is 5.54. The lowest BCUT2D eigenvalue weighted by Gasteiger charge is -1.99. The van der Waals surface area contributed by atoms with Crippen LogP contribution in [0.15, 0.2) is 48.5 Å². The number of phenols is 1. The van der Waals surface area contributed by atoms with Gasteiger partial charge in [0.1, 0.15) is 17.4 Å². The van der Waals surface area contributed by atoms with Gasteiger partial charge in [0.05, 0.1) is 0 Å². The summed E-state index contributed by atoms with van der Waals surface area (Å²) >= 11 is 0. The second kappa shape index (κ2) is 5.45. The van der Waals surface area contributed by atoms with Crippen molar-refractivity contribution in [2.45, 2.75) is 6.42 Å². The predicted octanol–water partition coefficient (Wildman–Crippen LogP) is 3.93. The molecule has 0 aliphatic heterocycles. The summed E-state index contributed by atoms with van der Waals surface area (Å²) in [5, 5.41) is 9.27. The van der Waals surface area contributed by atoms with Crippen LogP contribution in [0.25, 0.3) is 6.08 Å². The molecular formula is C15H12F2O. The molecule has 2 aromatic carbocycles. The summed E-state index contributed by atoms with van der Waals surface area (Å²) in [6.07, 6.45) is 3.93. The molecule has 0 radical (unpaired) electrons. The van der Waals surface area contributed by atoms with Crippen LogP contribution in [0.5, 0.6) is 5.75 Å². The van der Waals surface area contributed by atoms with E-state index in [1.165, 1.54) is 12.1 Å². The molecule has 0 aromatic heterocycles. The summed E-state index contributed by atoms with van der Waals surface area (Å²) in [7, 11) is 0. The van der Waals surface area contributed by atoms with Crippen molar-refractivity contribution < 1.29 is 13.9 Å². The molecule has 3 heteroatoms. The molecule has 0 saturated heterocycles. The Morgan fingerprint density at radius 2 is 1.89 bits per heavy atom. The molecule has 0 heterocycles. The highest BCUT2D eigenvalue weighted by atomic mass is 19.1. The van der Waals surface area contributed by atoms with Crippen molar-refractivity contribution in [3.63, 3.8) is 0 Å². The van der Waals surface area contributed by atoms with Gasteiger partial charge in [0.25, 0.3) is 0 Å². The van der Waals surface area contributed by atoms with E-state index in [2.05, 4.69) is 0 Å². The maximum Gasteiger partial charge on any atom is 0.129 e. The van der Waals surface area contributed by atoms with E-state index in [1.54, 1.807) is 30.4 Å². The molecule has 0 aliphatic rings. The Labute approximate surface area is 104 Å². The first-order chi connectivity index (χ1) is 8.65. The lowest BCUT2D eigenvalue weighted by molar-refractivity contribution is 0.475. The Bertz CT molecular complexity index is 576. The van der Waals surface area contributed by atoms with E-state index in [0.29, 0.717) is 12.0 Å². The van der Waals surface area contributed by atoms with Gasteiger partial charge < -0.3 is 5.11 Å². The first kappa shape index (κ1) is 12.3. The van der Waals surface area contributed by atoms with Gasteiger partial charge in [-0.25, -0.2) is 8.78 Å². The second-order valence-corrected chi connectivity index (χ2v) is 3.94. The smallest absolute Gasteiger partial charge is 0.129 e. The molecule has 1 N–H and O–H groups in total. The summed E-state index contributed by atoms with van der Waals surface area (Å²) in [5.41, 5.74) is 1.27. The molecule has 0 bridgehead atoms. The van der Waals surface area contributed by atoms with Crippen LogP contribution in [-0.2, 0) is 6.42 Å². The van der Waals surface area contributed by atoms with E-state index in [-0.39, 0.29) is 5.75 Å². The summed E-state index contributed by atoms with van der Waals surface area (Å²) < 4.78 is 26.0. The summed E-state index contributed by atoms with van der Waals surface area (Å²) in [4.78, 5) is 0. The Morgan fingerprint density at radius 1 is 1.06 bits per heavy atom. The van der Waals surface area contributed by atoms with Crippen LogP contribution < -0.4 is 0 Å². The molecule has 0 aliphatic carbocycles. The van der Waals surface area contributed by atoms with Crippen molar-refractivity contribution in [1.29, 1.82) is 0 Å². The number of aromatic hydroxyl groups is 1. The van der Waals surface area contributed by atoms with Crippen molar-refractivity contribution in [1.82, 2.24) is 0 Å². The predicted molar refractivity (Wildman–Crippen MR) is 67.2 cm³/mol. The third-order valence-corrected chi connectivity index (χ3v) is 2.53. The fourth-order valence-corrected chi connectivity index (χ4v) is 1.64. The van der Waals surface area contributed by atoms with Crippen LogP contribution in [0.4, 0.5) is 8.78 Å². The average molecular weight is 246 g/mol. The van der Waals surface area contributed by atoms with Gasteiger partial charge in [0.15, 0.2) is 0 Å². The lowest BCUT2D eigenvalue weighted by atomic mass is 10.1. The molecule has 2 aromatic rings. The van der Waals surface area contributed by atoms with Crippen molar-refractivity contribution in [3.05, 3.63) is 71.3 Å². The molecule has 2 rings (SSSR count). The van der Waals surface area contributed by atoms with Gasteiger partial charge >= 0.3 is 0 Å². The molecule has 0 fully saturated rings. The largest absolute Gasteiger partial charge is 0.508 e. The zero-order valence-corrected chi connectivity index (χ0v) is 9.61. The number of benzene rings is 2. The first-order valence-electron chi connectivity index (χ1n) is 5.54. The number of allylic oxidation sites excluding steroid dienone is 1. The highest BCUT2D eigenvalue weighted by Gasteiger charge is 2.01. The number of hydrogen-bond donors (Lipinski definition) is 1. The van der Waals surface area contributed by atoms with Crippen LogP contribution in [-0.4, -0.2) is 5.11 Å². The highest BCUT2D eigenvalue weighted by Crippen LogP contribution is 2.14. The molecule has 0 spiro atoms. The van der Waals surface area contributed by atoms with Crippen molar-refractivity contribution in [2.75, 3.05) is 0 Å². The highest BCUT2D eigenvalue weighted by molar-refractivity contribution is 5.51. The van der Waals surface area contributed by atoms with Gasteiger partial charge in [-0.15, -0.1) is 0 Å². The van der Waals surface area contributed by atoms with Crippen LogP contribution in [0, 0.1) is 11.6 Å². The van der Waals surface area contributed by atoms with Crippen LogP contribution in [0.1, 0.15) is 11.1 Å². The van der Waals surface area contributed by atoms with E-state index in [4.69, 9.17) is 0 Å². The maximum atomic E-state index is 13.3. The van der Waals surface area contributed by atoms with E-state index >= 15 is 0 Å². The van der Waals surface area contributed by atoms with Crippen LogP contribution in [0.2, 0.25) is 0 Å². The molecular weight excluding hydrogens is 234 g/mol. The monoisotopic (exact) mass is 246 g/mol. The van der Waals surface area contributed by atoms with Gasteiger partial charge in [-0.05, 0) is 35.7 Å². The van der Waals surface area contributed by atoms with Gasteiger partial charge in [-0.1, -0.05) is 30.4 Å². The van der Waals surface area contributed by atoms with Crippen molar-refractivity contribution >= 4 is 6.08 Å². The summed E-state index contributed by atoms with van der Waals surface area (Å²) in [6, 6.07) is 10.3. The molecule has 18 heavy (non-hydrogen) atoms. The molecule has 0 unspecified atom stereocenters. The van der Waals surface area contributed by atoms with Gasteiger partial charge in [-0.2, -0.15) is 0 Å².